The van der Waals surface area contributed by atoms with E-state index in [1.54, 1.807) is 17.1 Å². The van der Waals surface area contributed by atoms with Crippen LogP contribution in [0.25, 0.3) is 22.6 Å². The lowest BCUT2D eigenvalue weighted by molar-refractivity contribution is 0.603. The SMILES string of the molecule is CCCn1cc(-c2nc(-c3cnn(C)c3)cc(=O)[nH]2)cn1. The topological polar surface area (TPSA) is 81.4 Å². The first-order chi connectivity index (χ1) is 10.2. The predicted octanol–water partition coefficient (Wildman–Crippen LogP) is 1.44. The average molecular weight is 284 g/mol. The predicted molar refractivity (Wildman–Crippen MR) is 78.6 cm³/mol. The first-order valence-electron chi connectivity index (χ1n) is 6.79. The lowest BCUT2D eigenvalue weighted by Gasteiger charge is -2.00. The van der Waals surface area contributed by atoms with Gasteiger partial charge < -0.3 is 4.98 Å². The Morgan fingerprint density at radius 1 is 1.19 bits per heavy atom. The summed E-state index contributed by atoms with van der Waals surface area (Å²) in [4.78, 5) is 19.1. The lowest BCUT2D eigenvalue weighted by atomic mass is 10.2. The van der Waals surface area contributed by atoms with E-state index in [1.807, 2.05) is 24.1 Å². The molecule has 3 rings (SSSR count). The van der Waals surface area contributed by atoms with Gasteiger partial charge in [-0.25, -0.2) is 4.98 Å². The summed E-state index contributed by atoms with van der Waals surface area (Å²) in [5.74, 6) is 0.517. The molecule has 3 heterocycles. The average Bonchev–Trinajstić information content (AvgIpc) is 3.08. The molecule has 0 bridgehead atoms. The fourth-order valence-electron chi connectivity index (χ4n) is 2.13. The molecule has 21 heavy (non-hydrogen) atoms. The highest BCUT2D eigenvalue weighted by atomic mass is 16.1. The summed E-state index contributed by atoms with van der Waals surface area (Å²) in [6.45, 7) is 2.93. The van der Waals surface area contributed by atoms with E-state index >= 15 is 0 Å². The van der Waals surface area contributed by atoms with Crippen LogP contribution < -0.4 is 5.56 Å². The highest BCUT2D eigenvalue weighted by Gasteiger charge is 2.09. The number of aromatic nitrogens is 6. The van der Waals surface area contributed by atoms with E-state index in [2.05, 4.69) is 27.1 Å². The van der Waals surface area contributed by atoms with Crippen molar-refractivity contribution in [1.82, 2.24) is 29.5 Å². The summed E-state index contributed by atoms with van der Waals surface area (Å²) >= 11 is 0. The van der Waals surface area contributed by atoms with E-state index in [-0.39, 0.29) is 5.56 Å². The van der Waals surface area contributed by atoms with E-state index < -0.39 is 0 Å². The number of aryl methyl sites for hydroxylation is 2. The Hall–Kier alpha value is -2.70. The quantitative estimate of drug-likeness (QED) is 0.786. The van der Waals surface area contributed by atoms with Gasteiger partial charge in [-0.2, -0.15) is 10.2 Å². The van der Waals surface area contributed by atoms with Crippen LogP contribution in [0.4, 0.5) is 0 Å². The highest BCUT2D eigenvalue weighted by Crippen LogP contribution is 2.18. The van der Waals surface area contributed by atoms with Crippen LogP contribution in [0.2, 0.25) is 0 Å². The van der Waals surface area contributed by atoms with Crippen molar-refractivity contribution in [2.24, 2.45) is 7.05 Å². The molecule has 0 fully saturated rings. The zero-order valence-corrected chi connectivity index (χ0v) is 11.9. The first-order valence-corrected chi connectivity index (χ1v) is 6.79. The van der Waals surface area contributed by atoms with Gasteiger partial charge in [0.2, 0.25) is 0 Å². The van der Waals surface area contributed by atoms with E-state index in [0.29, 0.717) is 11.5 Å². The molecule has 0 amide bonds. The molecule has 7 nitrogen and oxygen atoms in total. The van der Waals surface area contributed by atoms with Crippen LogP contribution >= 0.6 is 0 Å². The number of H-pyrrole nitrogens is 1. The molecule has 0 saturated carbocycles. The van der Waals surface area contributed by atoms with Gasteiger partial charge >= 0.3 is 0 Å². The summed E-state index contributed by atoms with van der Waals surface area (Å²) in [7, 11) is 1.83. The molecular formula is C14H16N6O. The highest BCUT2D eigenvalue weighted by molar-refractivity contribution is 5.61. The molecule has 0 atom stereocenters. The monoisotopic (exact) mass is 284 g/mol. The molecule has 0 aliphatic heterocycles. The van der Waals surface area contributed by atoms with Crippen LogP contribution in [0, 0.1) is 0 Å². The Morgan fingerprint density at radius 2 is 2.00 bits per heavy atom. The van der Waals surface area contributed by atoms with Crippen LogP contribution in [-0.2, 0) is 13.6 Å². The Bertz CT molecular complexity index is 813. The second-order valence-corrected chi connectivity index (χ2v) is 4.87. The third kappa shape index (κ3) is 2.76. The van der Waals surface area contributed by atoms with Gasteiger partial charge in [-0.05, 0) is 6.42 Å². The Kier molecular flexibility index (Phi) is 3.39. The van der Waals surface area contributed by atoms with Gasteiger partial charge in [0, 0.05) is 37.6 Å². The smallest absolute Gasteiger partial charge is 0.251 e. The molecule has 7 heteroatoms. The Labute approximate surface area is 121 Å². The lowest BCUT2D eigenvalue weighted by Crippen LogP contribution is -2.08. The zero-order chi connectivity index (χ0) is 14.8. The van der Waals surface area contributed by atoms with Gasteiger partial charge in [0.05, 0.1) is 23.7 Å². The Morgan fingerprint density at radius 3 is 2.71 bits per heavy atom. The van der Waals surface area contributed by atoms with Crippen molar-refractivity contribution >= 4 is 0 Å². The molecule has 0 unspecified atom stereocenters. The summed E-state index contributed by atoms with van der Waals surface area (Å²) in [6, 6.07) is 1.47. The summed E-state index contributed by atoms with van der Waals surface area (Å²) in [5, 5.41) is 8.36. The maximum Gasteiger partial charge on any atom is 0.251 e. The number of hydrogen-bond donors (Lipinski definition) is 1. The summed E-state index contributed by atoms with van der Waals surface area (Å²) in [6.07, 6.45) is 8.11. The van der Waals surface area contributed by atoms with Gasteiger partial charge in [0.15, 0.2) is 0 Å². The minimum Gasteiger partial charge on any atom is -0.306 e. The molecule has 0 radical (unpaired) electrons. The standard InChI is InChI=1S/C14H16N6O/c1-3-4-20-9-11(7-16-20)14-17-12(5-13(21)18-14)10-6-15-19(2)8-10/h5-9H,3-4H2,1-2H3,(H,17,18,21). The zero-order valence-electron chi connectivity index (χ0n) is 11.9. The number of hydrogen-bond acceptors (Lipinski definition) is 4. The van der Waals surface area contributed by atoms with Crippen LogP contribution in [-0.4, -0.2) is 29.5 Å². The third-order valence-electron chi connectivity index (χ3n) is 3.10. The molecule has 0 aliphatic carbocycles. The van der Waals surface area contributed by atoms with Crippen LogP contribution in [0.1, 0.15) is 13.3 Å². The molecule has 108 valence electrons. The van der Waals surface area contributed by atoms with Crippen molar-refractivity contribution < 1.29 is 0 Å². The van der Waals surface area contributed by atoms with E-state index in [4.69, 9.17) is 0 Å². The maximum atomic E-state index is 11.8. The van der Waals surface area contributed by atoms with Crippen LogP contribution in [0.5, 0.6) is 0 Å². The molecule has 0 saturated heterocycles. The van der Waals surface area contributed by atoms with E-state index in [9.17, 15) is 4.79 Å². The second-order valence-electron chi connectivity index (χ2n) is 4.87. The number of nitrogens with one attached hydrogen (secondary N) is 1. The molecular weight excluding hydrogens is 268 g/mol. The molecule has 3 aromatic rings. The van der Waals surface area contributed by atoms with Crippen molar-refractivity contribution in [3.63, 3.8) is 0 Å². The van der Waals surface area contributed by atoms with Gasteiger partial charge in [-0.15, -0.1) is 0 Å². The Balaban J connectivity index is 2.02. The van der Waals surface area contributed by atoms with Crippen LogP contribution in [0.3, 0.4) is 0 Å². The van der Waals surface area contributed by atoms with Gasteiger partial charge in [0.1, 0.15) is 5.82 Å². The maximum absolute atomic E-state index is 11.8. The minimum absolute atomic E-state index is 0.193. The van der Waals surface area contributed by atoms with Crippen LogP contribution in [0.15, 0.2) is 35.6 Å². The van der Waals surface area contributed by atoms with Gasteiger partial charge in [-0.1, -0.05) is 6.92 Å². The largest absolute Gasteiger partial charge is 0.306 e. The van der Waals surface area contributed by atoms with Crippen molar-refractivity contribution in [1.29, 1.82) is 0 Å². The normalized spacial score (nSPS) is 11.0. The number of nitrogens with zero attached hydrogens (tertiary/aromatic N) is 5. The molecule has 0 spiro atoms. The fraction of sp³-hybridized carbons (Fsp3) is 0.286. The summed E-state index contributed by atoms with van der Waals surface area (Å²) in [5.41, 5.74) is 2.02. The fourth-order valence-corrected chi connectivity index (χ4v) is 2.13. The second kappa shape index (κ2) is 5.35. The number of rotatable bonds is 4. The van der Waals surface area contributed by atoms with Crippen molar-refractivity contribution in [3.8, 4) is 22.6 Å². The van der Waals surface area contributed by atoms with E-state index in [1.165, 1.54) is 6.07 Å². The minimum atomic E-state index is -0.193. The van der Waals surface area contributed by atoms with Crippen molar-refractivity contribution in [3.05, 3.63) is 41.2 Å². The summed E-state index contributed by atoms with van der Waals surface area (Å²) < 4.78 is 3.52. The van der Waals surface area contributed by atoms with Crippen molar-refractivity contribution in [2.45, 2.75) is 19.9 Å². The third-order valence-corrected chi connectivity index (χ3v) is 3.10. The molecule has 1 N–H and O–H groups in total. The number of aromatic amines is 1. The molecule has 0 aromatic carbocycles. The van der Waals surface area contributed by atoms with Crippen molar-refractivity contribution in [2.75, 3.05) is 0 Å². The van der Waals surface area contributed by atoms with E-state index in [0.717, 1.165) is 24.1 Å². The molecule has 3 aromatic heterocycles. The van der Waals surface area contributed by atoms with Gasteiger partial charge in [0.25, 0.3) is 5.56 Å². The van der Waals surface area contributed by atoms with Gasteiger partial charge in [-0.3, -0.25) is 14.2 Å². The molecule has 0 aliphatic rings. The first kappa shape index (κ1) is 13.3.